The fourth-order valence-corrected chi connectivity index (χ4v) is 1.42. The van der Waals surface area contributed by atoms with Gasteiger partial charge in [0.05, 0.1) is 12.1 Å². The molecule has 0 radical (unpaired) electrons. The predicted octanol–water partition coefficient (Wildman–Crippen LogP) is 1.50. The summed E-state index contributed by atoms with van der Waals surface area (Å²) in [6.07, 6.45) is 1.00. The van der Waals surface area contributed by atoms with Crippen LogP contribution in [0.25, 0.3) is 0 Å². The van der Waals surface area contributed by atoms with Gasteiger partial charge < -0.3 is 16.2 Å². The molecule has 0 heterocycles. The summed E-state index contributed by atoms with van der Waals surface area (Å²) >= 11 is 0. The van der Waals surface area contributed by atoms with Gasteiger partial charge >= 0.3 is 0 Å². The van der Waals surface area contributed by atoms with Crippen molar-refractivity contribution in [2.24, 2.45) is 11.5 Å². The molecular formula is C13H19FN2O2. The lowest BCUT2D eigenvalue weighted by Crippen LogP contribution is -2.49. The molecule has 0 saturated carbocycles. The molecular weight excluding hydrogens is 235 g/mol. The molecule has 0 bridgehead atoms. The standard InChI is InChI=1S/C13H19FN2O2/c1-9-4-5-10(8-11(9)14)18-7-3-6-13(2,16)12(15)17/h4-5,8H,3,6-7,16H2,1-2H3,(H2,15,17). The zero-order valence-electron chi connectivity index (χ0n) is 10.7. The van der Waals surface area contributed by atoms with Crippen LogP contribution in [-0.2, 0) is 4.79 Å². The van der Waals surface area contributed by atoms with Crippen molar-refractivity contribution < 1.29 is 13.9 Å². The van der Waals surface area contributed by atoms with Crippen molar-refractivity contribution in [1.82, 2.24) is 0 Å². The minimum Gasteiger partial charge on any atom is -0.493 e. The normalized spacial score (nSPS) is 14.0. The molecule has 1 aromatic carbocycles. The number of primary amides is 1. The molecule has 0 aliphatic heterocycles. The van der Waals surface area contributed by atoms with Gasteiger partial charge in [0.25, 0.3) is 0 Å². The van der Waals surface area contributed by atoms with Crippen LogP contribution < -0.4 is 16.2 Å². The second kappa shape index (κ2) is 5.82. The van der Waals surface area contributed by atoms with Crippen molar-refractivity contribution in [3.05, 3.63) is 29.6 Å². The van der Waals surface area contributed by atoms with Crippen molar-refractivity contribution in [1.29, 1.82) is 0 Å². The predicted molar refractivity (Wildman–Crippen MR) is 67.7 cm³/mol. The lowest BCUT2D eigenvalue weighted by atomic mass is 9.97. The second-order valence-electron chi connectivity index (χ2n) is 4.64. The van der Waals surface area contributed by atoms with Crippen molar-refractivity contribution >= 4 is 5.91 Å². The van der Waals surface area contributed by atoms with Crippen LogP contribution in [0.1, 0.15) is 25.3 Å². The minimum absolute atomic E-state index is 0.298. The van der Waals surface area contributed by atoms with Gasteiger partial charge in [0.1, 0.15) is 11.6 Å². The van der Waals surface area contributed by atoms with E-state index in [4.69, 9.17) is 16.2 Å². The van der Waals surface area contributed by atoms with E-state index in [0.29, 0.717) is 30.8 Å². The summed E-state index contributed by atoms with van der Waals surface area (Å²) in [5, 5.41) is 0. The van der Waals surface area contributed by atoms with Crippen LogP contribution in [0.4, 0.5) is 4.39 Å². The number of ether oxygens (including phenoxy) is 1. The number of carbonyl (C=O) groups excluding carboxylic acids is 1. The molecule has 1 aromatic rings. The Labute approximate surface area is 106 Å². The van der Waals surface area contributed by atoms with Gasteiger partial charge in [-0.2, -0.15) is 0 Å². The lowest BCUT2D eigenvalue weighted by molar-refractivity contribution is -0.122. The summed E-state index contributed by atoms with van der Waals surface area (Å²) in [5.74, 6) is -0.368. The molecule has 0 aromatic heterocycles. The topological polar surface area (TPSA) is 78.3 Å². The van der Waals surface area contributed by atoms with Crippen LogP contribution in [-0.4, -0.2) is 18.1 Å². The van der Waals surface area contributed by atoms with Crippen LogP contribution in [0, 0.1) is 12.7 Å². The summed E-state index contributed by atoms with van der Waals surface area (Å²) in [6, 6.07) is 4.69. The molecule has 4 N–H and O–H groups in total. The summed E-state index contributed by atoms with van der Waals surface area (Å²) in [4.78, 5) is 11.0. The largest absolute Gasteiger partial charge is 0.493 e. The van der Waals surface area contributed by atoms with Gasteiger partial charge in [-0.05, 0) is 38.3 Å². The molecule has 0 fully saturated rings. The Hall–Kier alpha value is -1.62. The zero-order valence-corrected chi connectivity index (χ0v) is 10.7. The molecule has 0 aliphatic rings. The van der Waals surface area contributed by atoms with Gasteiger partial charge in [0.2, 0.25) is 5.91 Å². The third kappa shape index (κ3) is 4.00. The molecule has 100 valence electrons. The highest BCUT2D eigenvalue weighted by molar-refractivity contribution is 5.83. The highest BCUT2D eigenvalue weighted by Crippen LogP contribution is 2.16. The van der Waals surface area contributed by atoms with Crippen LogP contribution in [0.5, 0.6) is 5.75 Å². The number of benzene rings is 1. The number of carbonyl (C=O) groups is 1. The Morgan fingerprint density at radius 1 is 1.50 bits per heavy atom. The van der Waals surface area contributed by atoms with Gasteiger partial charge in [-0.3, -0.25) is 4.79 Å². The van der Waals surface area contributed by atoms with E-state index >= 15 is 0 Å². The molecule has 18 heavy (non-hydrogen) atoms. The molecule has 0 aliphatic carbocycles. The highest BCUT2D eigenvalue weighted by atomic mass is 19.1. The molecule has 1 rings (SSSR count). The van der Waals surface area contributed by atoms with Crippen LogP contribution in [0.2, 0.25) is 0 Å². The van der Waals surface area contributed by atoms with Gasteiger partial charge in [-0.25, -0.2) is 4.39 Å². The molecule has 5 heteroatoms. The SMILES string of the molecule is Cc1ccc(OCCCC(C)(N)C(N)=O)cc1F. The first-order valence-electron chi connectivity index (χ1n) is 5.80. The Morgan fingerprint density at radius 3 is 2.72 bits per heavy atom. The lowest BCUT2D eigenvalue weighted by Gasteiger charge is -2.20. The maximum atomic E-state index is 13.2. The monoisotopic (exact) mass is 254 g/mol. The van der Waals surface area contributed by atoms with Crippen LogP contribution >= 0.6 is 0 Å². The first kappa shape index (κ1) is 14.4. The van der Waals surface area contributed by atoms with E-state index in [-0.39, 0.29) is 5.82 Å². The number of halogens is 1. The quantitative estimate of drug-likeness (QED) is 0.755. The van der Waals surface area contributed by atoms with Gasteiger partial charge in [-0.15, -0.1) is 0 Å². The van der Waals surface area contributed by atoms with E-state index in [1.54, 1.807) is 26.0 Å². The third-order valence-electron chi connectivity index (χ3n) is 2.82. The number of rotatable bonds is 6. The van der Waals surface area contributed by atoms with Gasteiger partial charge in [0.15, 0.2) is 0 Å². The summed E-state index contributed by atoms with van der Waals surface area (Å²) in [6.45, 7) is 3.63. The molecule has 1 atom stereocenters. The van der Waals surface area contributed by atoms with E-state index in [0.717, 1.165) is 0 Å². The molecule has 0 saturated heterocycles. The average molecular weight is 254 g/mol. The molecule has 1 unspecified atom stereocenters. The molecule has 0 spiro atoms. The minimum atomic E-state index is -1.03. The van der Waals surface area contributed by atoms with E-state index < -0.39 is 11.4 Å². The average Bonchev–Trinajstić information content (AvgIpc) is 2.29. The van der Waals surface area contributed by atoms with E-state index in [9.17, 15) is 9.18 Å². The second-order valence-corrected chi connectivity index (χ2v) is 4.64. The van der Waals surface area contributed by atoms with Crippen molar-refractivity contribution in [2.45, 2.75) is 32.2 Å². The highest BCUT2D eigenvalue weighted by Gasteiger charge is 2.24. The number of hydrogen-bond donors (Lipinski definition) is 2. The first-order chi connectivity index (χ1) is 8.33. The van der Waals surface area contributed by atoms with Crippen LogP contribution in [0.15, 0.2) is 18.2 Å². The first-order valence-corrected chi connectivity index (χ1v) is 5.80. The third-order valence-corrected chi connectivity index (χ3v) is 2.82. The van der Waals surface area contributed by atoms with E-state index in [1.165, 1.54) is 6.07 Å². The van der Waals surface area contributed by atoms with E-state index in [2.05, 4.69) is 0 Å². The maximum absolute atomic E-state index is 13.2. The fraction of sp³-hybridized carbons (Fsp3) is 0.462. The Bertz CT molecular complexity index is 433. The number of hydrogen-bond acceptors (Lipinski definition) is 3. The summed E-state index contributed by atoms with van der Waals surface area (Å²) in [5.41, 5.74) is 10.4. The van der Waals surface area contributed by atoms with Gasteiger partial charge in [0, 0.05) is 6.07 Å². The number of aryl methyl sites for hydroxylation is 1. The Kier molecular flexibility index (Phi) is 4.67. The zero-order chi connectivity index (χ0) is 13.8. The van der Waals surface area contributed by atoms with Crippen LogP contribution in [0.3, 0.4) is 0 Å². The molecule has 4 nitrogen and oxygen atoms in total. The van der Waals surface area contributed by atoms with Gasteiger partial charge in [-0.1, -0.05) is 6.07 Å². The van der Waals surface area contributed by atoms with Crippen molar-refractivity contribution in [2.75, 3.05) is 6.61 Å². The maximum Gasteiger partial charge on any atom is 0.237 e. The number of amides is 1. The summed E-state index contributed by atoms with van der Waals surface area (Å²) in [7, 11) is 0. The van der Waals surface area contributed by atoms with Crippen molar-refractivity contribution in [3.8, 4) is 5.75 Å². The number of nitrogens with two attached hydrogens (primary N) is 2. The smallest absolute Gasteiger partial charge is 0.237 e. The summed E-state index contributed by atoms with van der Waals surface area (Å²) < 4.78 is 18.6. The Morgan fingerprint density at radius 2 is 2.17 bits per heavy atom. The van der Waals surface area contributed by atoms with E-state index in [1.807, 2.05) is 0 Å². The fourth-order valence-electron chi connectivity index (χ4n) is 1.42. The Balaban J connectivity index is 2.38. The molecule has 1 amide bonds. The van der Waals surface area contributed by atoms with Crippen molar-refractivity contribution in [3.63, 3.8) is 0 Å².